The quantitative estimate of drug-likeness (QED) is 0.699. The Labute approximate surface area is 70.3 Å². The highest BCUT2D eigenvalue weighted by atomic mass is 19.1. The van der Waals surface area contributed by atoms with E-state index in [2.05, 4.69) is 0 Å². The van der Waals surface area contributed by atoms with E-state index < -0.39 is 6.10 Å². The van der Waals surface area contributed by atoms with Crippen molar-refractivity contribution in [2.24, 2.45) is 0 Å². The molecule has 1 aromatic rings. The van der Waals surface area contributed by atoms with E-state index in [1.807, 2.05) is 0 Å². The second-order valence-corrected chi connectivity index (χ2v) is 2.70. The lowest BCUT2D eigenvalue weighted by atomic mass is 10.0. The van der Waals surface area contributed by atoms with E-state index in [-0.39, 0.29) is 12.4 Å². The SMILES string of the molecule is Cc1cc(F)ccc1C(O)CO. The van der Waals surface area contributed by atoms with E-state index >= 15 is 0 Å². The summed E-state index contributed by atoms with van der Waals surface area (Å²) < 4.78 is 12.6. The van der Waals surface area contributed by atoms with Crippen molar-refractivity contribution in [1.29, 1.82) is 0 Å². The third kappa shape index (κ3) is 1.81. The molecule has 0 aromatic heterocycles. The highest BCUT2D eigenvalue weighted by Gasteiger charge is 2.08. The highest BCUT2D eigenvalue weighted by molar-refractivity contribution is 5.28. The van der Waals surface area contributed by atoms with Crippen LogP contribution < -0.4 is 0 Å². The van der Waals surface area contributed by atoms with Gasteiger partial charge in [-0.15, -0.1) is 0 Å². The Morgan fingerprint density at radius 2 is 2.17 bits per heavy atom. The monoisotopic (exact) mass is 170 g/mol. The highest BCUT2D eigenvalue weighted by Crippen LogP contribution is 2.17. The first-order valence-corrected chi connectivity index (χ1v) is 3.70. The number of rotatable bonds is 2. The molecule has 2 N–H and O–H groups in total. The van der Waals surface area contributed by atoms with Gasteiger partial charge in [-0.1, -0.05) is 6.07 Å². The molecule has 0 radical (unpaired) electrons. The zero-order chi connectivity index (χ0) is 9.14. The van der Waals surface area contributed by atoms with Gasteiger partial charge in [-0.3, -0.25) is 0 Å². The van der Waals surface area contributed by atoms with Gasteiger partial charge in [-0.05, 0) is 30.2 Å². The van der Waals surface area contributed by atoms with Gasteiger partial charge >= 0.3 is 0 Å². The first-order chi connectivity index (χ1) is 5.65. The van der Waals surface area contributed by atoms with Crippen LogP contribution >= 0.6 is 0 Å². The molecule has 66 valence electrons. The van der Waals surface area contributed by atoms with Crippen molar-refractivity contribution in [3.63, 3.8) is 0 Å². The van der Waals surface area contributed by atoms with Crippen molar-refractivity contribution in [3.8, 4) is 0 Å². The maximum atomic E-state index is 12.6. The normalized spacial score (nSPS) is 13.0. The smallest absolute Gasteiger partial charge is 0.123 e. The lowest BCUT2D eigenvalue weighted by Crippen LogP contribution is -2.04. The molecule has 1 unspecified atom stereocenters. The minimum absolute atomic E-state index is 0.332. The van der Waals surface area contributed by atoms with Crippen LogP contribution in [0.15, 0.2) is 18.2 Å². The van der Waals surface area contributed by atoms with Gasteiger partial charge < -0.3 is 10.2 Å². The van der Waals surface area contributed by atoms with E-state index in [4.69, 9.17) is 5.11 Å². The Hall–Kier alpha value is -0.930. The molecular formula is C9H11FO2. The van der Waals surface area contributed by atoms with Gasteiger partial charge in [0.1, 0.15) is 11.9 Å². The van der Waals surface area contributed by atoms with Gasteiger partial charge in [0.05, 0.1) is 6.61 Å². The zero-order valence-corrected chi connectivity index (χ0v) is 6.79. The van der Waals surface area contributed by atoms with Gasteiger partial charge in [-0.2, -0.15) is 0 Å². The number of aliphatic hydroxyl groups is 2. The average Bonchev–Trinajstić information content (AvgIpc) is 2.03. The van der Waals surface area contributed by atoms with Crippen LogP contribution in [0.1, 0.15) is 17.2 Å². The minimum atomic E-state index is -0.911. The summed E-state index contributed by atoms with van der Waals surface area (Å²) >= 11 is 0. The van der Waals surface area contributed by atoms with Crippen LogP contribution in [-0.2, 0) is 0 Å². The maximum Gasteiger partial charge on any atom is 0.123 e. The fraction of sp³-hybridized carbons (Fsp3) is 0.333. The number of hydrogen-bond acceptors (Lipinski definition) is 2. The second kappa shape index (κ2) is 3.65. The first-order valence-electron chi connectivity index (χ1n) is 3.70. The summed E-state index contributed by atoms with van der Waals surface area (Å²) in [6.07, 6.45) is -0.911. The number of aliphatic hydroxyl groups excluding tert-OH is 2. The Morgan fingerprint density at radius 3 is 2.67 bits per heavy atom. The van der Waals surface area contributed by atoms with Crippen LogP contribution in [0.3, 0.4) is 0 Å². The molecule has 1 atom stereocenters. The number of aryl methyl sites for hydroxylation is 1. The summed E-state index contributed by atoms with van der Waals surface area (Å²) in [7, 11) is 0. The van der Waals surface area contributed by atoms with E-state index in [1.165, 1.54) is 18.2 Å². The molecule has 3 heteroatoms. The molecule has 0 fully saturated rings. The van der Waals surface area contributed by atoms with E-state index in [9.17, 15) is 9.50 Å². The van der Waals surface area contributed by atoms with Gasteiger partial charge in [0.15, 0.2) is 0 Å². The van der Waals surface area contributed by atoms with Crippen molar-refractivity contribution in [3.05, 3.63) is 35.1 Å². The van der Waals surface area contributed by atoms with Crippen molar-refractivity contribution in [2.75, 3.05) is 6.61 Å². The van der Waals surface area contributed by atoms with Gasteiger partial charge in [0.25, 0.3) is 0 Å². The summed E-state index contributed by atoms with van der Waals surface area (Å²) in [6, 6.07) is 4.07. The predicted octanol–water partition coefficient (Wildman–Crippen LogP) is 1.16. The van der Waals surface area contributed by atoms with E-state index in [1.54, 1.807) is 6.92 Å². The molecule has 0 bridgehead atoms. The molecule has 1 aromatic carbocycles. The molecule has 0 aliphatic heterocycles. The first kappa shape index (κ1) is 9.16. The summed E-state index contributed by atoms with van der Waals surface area (Å²) in [5.74, 6) is -0.332. The molecule has 2 nitrogen and oxygen atoms in total. The summed E-state index contributed by atoms with van der Waals surface area (Å²) in [4.78, 5) is 0. The third-order valence-electron chi connectivity index (χ3n) is 1.76. The number of benzene rings is 1. The largest absolute Gasteiger partial charge is 0.393 e. The molecular weight excluding hydrogens is 159 g/mol. The Bertz CT molecular complexity index is 273. The molecule has 12 heavy (non-hydrogen) atoms. The van der Waals surface area contributed by atoms with E-state index in [0.717, 1.165) is 0 Å². The molecule has 0 saturated carbocycles. The maximum absolute atomic E-state index is 12.6. The third-order valence-corrected chi connectivity index (χ3v) is 1.76. The van der Waals surface area contributed by atoms with Crippen LogP contribution in [0.4, 0.5) is 4.39 Å². The minimum Gasteiger partial charge on any atom is -0.393 e. The van der Waals surface area contributed by atoms with Gasteiger partial charge in [-0.25, -0.2) is 4.39 Å². The molecule has 0 heterocycles. The van der Waals surface area contributed by atoms with Gasteiger partial charge in [0.2, 0.25) is 0 Å². The van der Waals surface area contributed by atoms with Crippen LogP contribution in [-0.4, -0.2) is 16.8 Å². The fourth-order valence-corrected chi connectivity index (χ4v) is 1.11. The van der Waals surface area contributed by atoms with E-state index in [0.29, 0.717) is 11.1 Å². The molecule has 0 aliphatic carbocycles. The van der Waals surface area contributed by atoms with Crippen molar-refractivity contribution < 1.29 is 14.6 Å². The summed E-state index contributed by atoms with van der Waals surface area (Å²) in [5.41, 5.74) is 1.22. The standard InChI is InChI=1S/C9H11FO2/c1-6-4-7(10)2-3-8(6)9(12)5-11/h2-4,9,11-12H,5H2,1H3. The van der Waals surface area contributed by atoms with Crippen molar-refractivity contribution >= 4 is 0 Å². The second-order valence-electron chi connectivity index (χ2n) is 2.70. The lowest BCUT2D eigenvalue weighted by molar-refractivity contribution is 0.0950. The Morgan fingerprint density at radius 1 is 1.50 bits per heavy atom. The molecule has 0 saturated heterocycles. The molecule has 0 spiro atoms. The fourth-order valence-electron chi connectivity index (χ4n) is 1.11. The summed E-state index contributed by atoms with van der Waals surface area (Å²) in [5, 5.41) is 17.9. The van der Waals surface area contributed by atoms with Crippen LogP contribution in [0.5, 0.6) is 0 Å². The molecule has 1 rings (SSSR count). The van der Waals surface area contributed by atoms with Crippen LogP contribution in [0, 0.1) is 12.7 Å². The lowest BCUT2D eigenvalue weighted by Gasteiger charge is -2.10. The van der Waals surface area contributed by atoms with Gasteiger partial charge in [0, 0.05) is 0 Å². The van der Waals surface area contributed by atoms with Crippen molar-refractivity contribution in [1.82, 2.24) is 0 Å². The topological polar surface area (TPSA) is 40.5 Å². The van der Waals surface area contributed by atoms with Crippen LogP contribution in [0.2, 0.25) is 0 Å². The van der Waals surface area contributed by atoms with Crippen LogP contribution in [0.25, 0.3) is 0 Å². The van der Waals surface area contributed by atoms with Crippen molar-refractivity contribution in [2.45, 2.75) is 13.0 Å². The number of hydrogen-bond donors (Lipinski definition) is 2. The number of halogens is 1. The molecule has 0 amide bonds. The Balaban J connectivity index is 3.01. The Kier molecular flexibility index (Phi) is 2.78. The average molecular weight is 170 g/mol. The summed E-state index contributed by atoms with van der Waals surface area (Å²) in [6.45, 7) is 1.35. The zero-order valence-electron chi connectivity index (χ0n) is 6.79. The predicted molar refractivity (Wildman–Crippen MR) is 43.2 cm³/mol. The molecule has 0 aliphatic rings.